The van der Waals surface area contributed by atoms with Crippen LogP contribution in [0.4, 0.5) is 0 Å². The summed E-state index contributed by atoms with van der Waals surface area (Å²) in [6, 6.07) is 20.4. The van der Waals surface area contributed by atoms with Gasteiger partial charge < -0.3 is 29.7 Å². The molecular formula is C28H30N3O5+. The van der Waals surface area contributed by atoms with Crippen LogP contribution in [-0.2, 0) is 16.0 Å². The number of hydrogen-bond donors (Lipinski definition) is 2. The number of carbonyl (C=O) groups excluding carboxylic acids is 2. The molecule has 0 fully saturated rings. The summed E-state index contributed by atoms with van der Waals surface area (Å²) in [6.07, 6.45) is 0.636. The van der Waals surface area contributed by atoms with Crippen molar-refractivity contribution in [2.75, 3.05) is 34.0 Å². The molecule has 2 aliphatic rings. The number of ether oxygens (including phenoxy) is 3. The van der Waals surface area contributed by atoms with Crippen LogP contribution >= 0.6 is 0 Å². The van der Waals surface area contributed by atoms with E-state index >= 15 is 0 Å². The van der Waals surface area contributed by atoms with E-state index in [4.69, 9.17) is 19.9 Å². The Hall–Kier alpha value is -4.04. The molecule has 5 rings (SSSR count). The number of hydrogen-bond acceptors (Lipinski definition) is 5. The van der Waals surface area contributed by atoms with Crippen molar-refractivity contribution < 1.29 is 28.3 Å². The van der Waals surface area contributed by atoms with Gasteiger partial charge in [-0.2, -0.15) is 0 Å². The molecule has 0 unspecified atom stereocenters. The second-order valence-electron chi connectivity index (χ2n) is 9.46. The number of methoxy groups -OCH3 is 1. The van der Waals surface area contributed by atoms with E-state index in [9.17, 15) is 9.59 Å². The Morgan fingerprint density at radius 3 is 2.31 bits per heavy atom. The van der Waals surface area contributed by atoms with Gasteiger partial charge in [0.1, 0.15) is 0 Å². The SMILES string of the molecule is COc1c2c(cc3c1[C@H](C(=O)NC(c1ccccc1)c1ccccc1)[N@@+](C)(CC(N)=O)CC3)OCO2. The molecule has 3 N–H and O–H groups in total. The summed E-state index contributed by atoms with van der Waals surface area (Å²) in [5, 5.41) is 3.27. The van der Waals surface area contributed by atoms with Crippen molar-refractivity contribution in [1.29, 1.82) is 0 Å². The molecule has 3 aromatic rings. The lowest BCUT2D eigenvalue weighted by molar-refractivity contribution is -0.924. The molecule has 186 valence electrons. The largest absolute Gasteiger partial charge is 0.492 e. The average molecular weight is 489 g/mol. The molecular weight excluding hydrogens is 458 g/mol. The Kier molecular flexibility index (Phi) is 6.28. The number of carbonyl (C=O) groups is 2. The lowest BCUT2D eigenvalue weighted by atomic mass is 9.87. The Morgan fingerprint density at radius 2 is 1.72 bits per heavy atom. The van der Waals surface area contributed by atoms with E-state index in [-0.39, 0.29) is 29.8 Å². The van der Waals surface area contributed by atoms with Crippen molar-refractivity contribution in [2.45, 2.75) is 18.5 Å². The third-order valence-corrected chi connectivity index (χ3v) is 7.05. The van der Waals surface area contributed by atoms with Gasteiger partial charge in [-0.05, 0) is 22.8 Å². The molecule has 2 amide bonds. The Balaban J connectivity index is 1.62. The number of likely N-dealkylation sites (N-methyl/N-ethyl adjacent to an activating group) is 1. The molecule has 2 heterocycles. The molecule has 8 nitrogen and oxygen atoms in total. The van der Waals surface area contributed by atoms with E-state index in [1.807, 2.05) is 73.8 Å². The van der Waals surface area contributed by atoms with E-state index in [0.29, 0.717) is 35.8 Å². The molecule has 36 heavy (non-hydrogen) atoms. The molecule has 0 radical (unpaired) electrons. The third kappa shape index (κ3) is 4.24. The third-order valence-electron chi connectivity index (χ3n) is 7.05. The van der Waals surface area contributed by atoms with E-state index in [0.717, 1.165) is 16.7 Å². The van der Waals surface area contributed by atoms with E-state index in [1.54, 1.807) is 7.11 Å². The van der Waals surface area contributed by atoms with Gasteiger partial charge in [0.05, 0.1) is 32.3 Å². The summed E-state index contributed by atoms with van der Waals surface area (Å²) in [5.41, 5.74) is 9.22. The number of benzene rings is 3. The summed E-state index contributed by atoms with van der Waals surface area (Å²) in [4.78, 5) is 26.4. The van der Waals surface area contributed by atoms with Crippen LogP contribution in [0, 0.1) is 0 Å². The molecule has 3 aromatic carbocycles. The average Bonchev–Trinajstić information content (AvgIpc) is 3.34. The lowest BCUT2D eigenvalue weighted by Gasteiger charge is -2.44. The van der Waals surface area contributed by atoms with Crippen LogP contribution in [0.3, 0.4) is 0 Å². The summed E-state index contributed by atoms with van der Waals surface area (Å²) >= 11 is 0. The van der Waals surface area contributed by atoms with Crippen LogP contribution < -0.4 is 25.3 Å². The Labute approximate surface area is 210 Å². The molecule has 0 aromatic heterocycles. The minimum Gasteiger partial charge on any atom is -0.492 e. The van der Waals surface area contributed by atoms with Crippen molar-refractivity contribution >= 4 is 11.8 Å². The minimum absolute atomic E-state index is 0.0104. The fourth-order valence-electron chi connectivity index (χ4n) is 5.42. The summed E-state index contributed by atoms with van der Waals surface area (Å²) < 4.78 is 17.2. The monoisotopic (exact) mass is 488 g/mol. The zero-order valence-electron chi connectivity index (χ0n) is 20.4. The normalized spacial score (nSPS) is 20.0. The topological polar surface area (TPSA) is 99.9 Å². The van der Waals surface area contributed by atoms with Crippen LogP contribution in [-0.4, -0.2) is 50.3 Å². The van der Waals surface area contributed by atoms with Crippen molar-refractivity contribution in [1.82, 2.24) is 5.32 Å². The number of rotatable bonds is 7. The van der Waals surface area contributed by atoms with Gasteiger partial charge in [0.25, 0.3) is 11.8 Å². The van der Waals surface area contributed by atoms with Crippen LogP contribution in [0.15, 0.2) is 66.7 Å². The summed E-state index contributed by atoms with van der Waals surface area (Å²) in [6.45, 7) is 0.650. The maximum atomic E-state index is 14.3. The highest BCUT2D eigenvalue weighted by Crippen LogP contribution is 2.51. The first kappa shape index (κ1) is 23.7. The van der Waals surface area contributed by atoms with E-state index < -0.39 is 11.9 Å². The fourth-order valence-corrected chi connectivity index (χ4v) is 5.42. The number of fused-ring (bicyclic) bond motifs is 2. The number of nitrogens with zero attached hydrogens (tertiary/aromatic N) is 1. The standard InChI is InChI=1S/C28H29N3O5/c1-31(16-22(29)32)14-13-20-15-21-26(36-17-35-21)27(34-2)23(20)25(31)28(33)30-24(18-9-5-3-6-10-18)19-11-7-4-8-12-19/h3-12,15,24-25H,13-14,16-17H2,1-2H3,(H2-,29,30,32,33)/p+1/t25-,31-/m1/s1. The first-order chi connectivity index (χ1) is 17.4. The predicted molar refractivity (Wildman–Crippen MR) is 134 cm³/mol. The molecule has 0 saturated heterocycles. The smallest absolute Gasteiger partial charge is 0.284 e. The van der Waals surface area contributed by atoms with Gasteiger partial charge in [0.15, 0.2) is 24.1 Å². The molecule has 0 aliphatic carbocycles. The predicted octanol–water partition coefficient (Wildman–Crippen LogP) is 2.86. The molecule has 8 heteroatoms. The second-order valence-corrected chi connectivity index (χ2v) is 9.46. The molecule has 2 atom stereocenters. The van der Waals surface area contributed by atoms with Gasteiger partial charge in [-0.3, -0.25) is 9.59 Å². The van der Waals surface area contributed by atoms with Crippen molar-refractivity contribution in [3.8, 4) is 17.2 Å². The van der Waals surface area contributed by atoms with Gasteiger partial charge in [-0.1, -0.05) is 60.7 Å². The van der Waals surface area contributed by atoms with E-state index in [1.165, 1.54) is 0 Å². The van der Waals surface area contributed by atoms with Gasteiger partial charge in [-0.25, -0.2) is 0 Å². The zero-order chi connectivity index (χ0) is 25.3. The molecule has 2 aliphatic heterocycles. The number of nitrogens with two attached hydrogens (primary N) is 1. The van der Waals surface area contributed by atoms with Crippen LogP contribution in [0.2, 0.25) is 0 Å². The molecule has 0 bridgehead atoms. The highest BCUT2D eigenvalue weighted by atomic mass is 16.7. The fraction of sp³-hybridized carbons (Fsp3) is 0.286. The minimum atomic E-state index is -0.749. The van der Waals surface area contributed by atoms with Crippen LogP contribution in [0.5, 0.6) is 17.2 Å². The number of primary amides is 1. The van der Waals surface area contributed by atoms with Crippen LogP contribution in [0.25, 0.3) is 0 Å². The molecule has 0 spiro atoms. The Bertz CT molecular complexity index is 1240. The van der Waals surface area contributed by atoms with Crippen molar-refractivity contribution in [3.05, 3.63) is 89.0 Å². The maximum Gasteiger partial charge on any atom is 0.284 e. The molecule has 0 saturated carbocycles. The number of amides is 2. The quantitative estimate of drug-likeness (QED) is 0.498. The van der Waals surface area contributed by atoms with Crippen molar-refractivity contribution in [3.63, 3.8) is 0 Å². The van der Waals surface area contributed by atoms with Gasteiger partial charge in [0.2, 0.25) is 12.5 Å². The number of nitrogens with one attached hydrogen (secondary N) is 1. The first-order valence-corrected chi connectivity index (χ1v) is 11.9. The number of quaternary nitrogens is 1. The zero-order valence-corrected chi connectivity index (χ0v) is 20.4. The second kappa shape index (κ2) is 9.54. The van der Waals surface area contributed by atoms with E-state index in [2.05, 4.69) is 5.32 Å². The summed E-state index contributed by atoms with van der Waals surface area (Å²) in [7, 11) is 3.44. The highest BCUT2D eigenvalue weighted by molar-refractivity contribution is 5.86. The van der Waals surface area contributed by atoms with Crippen LogP contribution in [0.1, 0.15) is 34.3 Å². The van der Waals surface area contributed by atoms with Gasteiger partial charge in [-0.15, -0.1) is 0 Å². The van der Waals surface area contributed by atoms with Gasteiger partial charge >= 0.3 is 0 Å². The van der Waals surface area contributed by atoms with Gasteiger partial charge in [0, 0.05) is 6.42 Å². The first-order valence-electron chi connectivity index (χ1n) is 11.9. The van der Waals surface area contributed by atoms with Crippen molar-refractivity contribution in [2.24, 2.45) is 5.73 Å². The Morgan fingerprint density at radius 1 is 1.08 bits per heavy atom. The highest BCUT2D eigenvalue weighted by Gasteiger charge is 2.49. The maximum absolute atomic E-state index is 14.3. The summed E-state index contributed by atoms with van der Waals surface area (Å²) in [5.74, 6) is 0.840. The lowest BCUT2D eigenvalue weighted by Crippen LogP contribution is -2.59.